The van der Waals surface area contributed by atoms with E-state index in [0.29, 0.717) is 11.5 Å². The van der Waals surface area contributed by atoms with Crippen LogP contribution in [0.25, 0.3) is 6.08 Å². The van der Waals surface area contributed by atoms with Crippen molar-refractivity contribution in [2.24, 2.45) is 0 Å². The molecular weight excluding hydrogens is 270 g/mol. The Morgan fingerprint density at radius 2 is 2.50 bits per heavy atom. The van der Waals surface area contributed by atoms with Crippen LogP contribution in [0.5, 0.6) is 0 Å². The van der Waals surface area contributed by atoms with Crippen LogP contribution in [0.15, 0.2) is 28.9 Å². The molecule has 0 saturated carbocycles. The van der Waals surface area contributed by atoms with Gasteiger partial charge >= 0.3 is 0 Å². The molecule has 1 amide bonds. The molecule has 18 heavy (non-hydrogen) atoms. The van der Waals surface area contributed by atoms with Crippen molar-refractivity contribution in [1.82, 2.24) is 5.32 Å². The standard InChI is InChI=1S/C12H17NO3S2/c1-17-9-18-8-10(7-14)13-12(15)5-4-11-3-2-6-16-11/h2-6,10,14H,7-9H2,1H3,(H,13,15)/b5-4-/t10-/m0/s1. The number of amides is 1. The minimum absolute atomic E-state index is 0.0539. The third kappa shape index (κ3) is 6.18. The first kappa shape index (κ1) is 15.2. The van der Waals surface area contributed by atoms with Crippen molar-refractivity contribution in [2.75, 3.05) is 23.7 Å². The van der Waals surface area contributed by atoms with Gasteiger partial charge in [0, 0.05) is 16.9 Å². The van der Waals surface area contributed by atoms with Gasteiger partial charge in [-0.25, -0.2) is 0 Å². The van der Waals surface area contributed by atoms with Crippen LogP contribution in [0, 0.1) is 0 Å². The van der Waals surface area contributed by atoms with E-state index in [0.717, 1.165) is 5.08 Å². The number of hydrogen-bond acceptors (Lipinski definition) is 5. The smallest absolute Gasteiger partial charge is 0.244 e. The van der Waals surface area contributed by atoms with Gasteiger partial charge < -0.3 is 14.8 Å². The predicted molar refractivity (Wildman–Crippen MR) is 77.6 cm³/mol. The van der Waals surface area contributed by atoms with Crippen molar-refractivity contribution in [3.05, 3.63) is 30.2 Å². The number of thioether (sulfide) groups is 2. The second kappa shape index (κ2) is 9.13. The van der Waals surface area contributed by atoms with E-state index in [2.05, 4.69) is 5.32 Å². The van der Waals surface area contributed by atoms with E-state index in [1.807, 2.05) is 6.26 Å². The Morgan fingerprint density at radius 3 is 3.11 bits per heavy atom. The molecule has 0 saturated heterocycles. The normalized spacial score (nSPS) is 12.8. The molecule has 1 atom stereocenters. The largest absolute Gasteiger partial charge is 0.465 e. The van der Waals surface area contributed by atoms with Crippen molar-refractivity contribution in [3.8, 4) is 0 Å². The summed E-state index contributed by atoms with van der Waals surface area (Å²) < 4.78 is 5.07. The molecule has 100 valence electrons. The average molecular weight is 287 g/mol. The monoisotopic (exact) mass is 287 g/mol. The number of nitrogens with one attached hydrogen (secondary N) is 1. The summed E-state index contributed by atoms with van der Waals surface area (Å²) in [7, 11) is 0. The Labute approximate surface area is 115 Å². The van der Waals surface area contributed by atoms with E-state index >= 15 is 0 Å². The van der Waals surface area contributed by atoms with Gasteiger partial charge in [-0.1, -0.05) is 0 Å². The zero-order valence-electron chi connectivity index (χ0n) is 10.2. The fourth-order valence-electron chi connectivity index (χ4n) is 1.21. The molecule has 2 N–H and O–H groups in total. The maximum absolute atomic E-state index is 11.6. The van der Waals surface area contributed by atoms with Crippen molar-refractivity contribution >= 4 is 35.5 Å². The highest BCUT2D eigenvalue weighted by atomic mass is 32.2. The van der Waals surface area contributed by atoms with Gasteiger partial charge in [-0.15, -0.1) is 11.8 Å². The maximum atomic E-state index is 11.6. The van der Waals surface area contributed by atoms with Crippen LogP contribution in [0.3, 0.4) is 0 Å². The van der Waals surface area contributed by atoms with E-state index in [4.69, 9.17) is 9.52 Å². The highest BCUT2D eigenvalue weighted by Crippen LogP contribution is 2.09. The summed E-state index contributed by atoms with van der Waals surface area (Å²) in [4.78, 5) is 11.6. The van der Waals surface area contributed by atoms with Gasteiger partial charge in [-0.05, 0) is 24.5 Å². The Hall–Kier alpha value is -0.850. The Morgan fingerprint density at radius 1 is 1.67 bits per heavy atom. The Balaban J connectivity index is 2.32. The quantitative estimate of drug-likeness (QED) is 0.434. The Kier molecular flexibility index (Phi) is 7.71. The summed E-state index contributed by atoms with van der Waals surface area (Å²) in [6.45, 7) is -0.0539. The molecular formula is C12H17NO3S2. The molecule has 0 fully saturated rings. The molecule has 6 heteroatoms. The summed E-state index contributed by atoms with van der Waals surface area (Å²) in [5.74, 6) is 1.11. The lowest BCUT2D eigenvalue weighted by molar-refractivity contribution is -0.117. The molecule has 1 aromatic heterocycles. The Bertz CT molecular complexity index is 365. The highest BCUT2D eigenvalue weighted by Gasteiger charge is 2.09. The number of furan rings is 1. The third-order valence-electron chi connectivity index (χ3n) is 2.03. The van der Waals surface area contributed by atoms with Crippen LogP contribution in [0.2, 0.25) is 0 Å². The number of rotatable bonds is 8. The van der Waals surface area contributed by atoms with Gasteiger partial charge in [0.05, 0.1) is 18.9 Å². The van der Waals surface area contributed by atoms with Gasteiger partial charge in [-0.2, -0.15) is 11.8 Å². The SMILES string of the molecule is CSCSC[C@H](CO)NC(=O)/C=C\c1ccco1. The third-order valence-corrected chi connectivity index (χ3v) is 4.28. The zero-order chi connectivity index (χ0) is 13.2. The van der Waals surface area contributed by atoms with Gasteiger partial charge in [0.1, 0.15) is 5.76 Å². The first-order valence-corrected chi connectivity index (χ1v) is 8.00. The number of hydrogen-bond donors (Lipinski definition) is 2. The van der Waals surface area contributed by atoms with Crippen molar-refractivity contribution in [1.29, 1.82) is 0 Å². The van der Waals surface area contributed by atoms with Crippen molar-refractivity contribution < 1.29 is 14.3 Å². The van der Waals surface area contributed by atoms with Crippen LogP contribution in [-0.4, -0.2) is 40.8 Å². The summed E-state index contributed by atoms with van der Waals surface area (Å²) in [6, 6.07) is 3.31. The molecule has 0 aromatic carbocycles. The zero-order valence-corrected chi connectivity index (χ0v) is 11.8. The molecule has 0 bridgehead atoms. The van der Waals surface area contributed by atoms with Gasteiger partial charge in [0.15, 0.2) is 0 Å². The van der Waals surface area contributed by atoms with E-state index in [1.165, 1.54) is 6.08 Å². The fraction of sp³-hybridized carbons (Fsp3) is 0.417. The summed E-state index contributed by atoms with van der Waals surface area (Å²) in [5.41, 5.74) is 0. The lowest BCUT2D eigenvalue weighted by atomic mass is 10.3. The summed E-state index contributed by atoms with van der Waals surface area (Å²) >= 11 is 3.41. The minimum Gasteiger partial charge on any atom is -0.465 e. The lowest BCUT2D eigenvalue weighted by Gasteiger charge is -2.14. The van der Waals surface area contributed by atoms with Crippen LogP contribution >= 0.6 is 23.5 Å². The molecule has 0 aliphatic carbocycles. The second-order valence-electron chi connectivity index (χ2n) is 3.51. The van der Waals surface area contributed by atoms with Crippen LogP contribution in [0.1, 0.15) is 5.76 Å². The van der Waals surface area contributed by atoms with Gasteiger partial charge in [0.2, 0.25) is 5.91 Å². The van der Waals surface area contributed by atoms with E-state index in [1.54, 1.807) is 48.0 Å². The van der Waals surface area contributed by atoms with Crippen molar-refractivity contribution in [3.63, 3.8) is 0 Å². The minimum atomic E-state index is -0.227. The van der Waals surface area contributed by atoms with E-state index in [-0.39, 0.29) is 18.6 Å². The van der Waals surface area contributed by atoms with Crippen LogP contribution < -0.4 is 5.32 Å². The number of aliphatic hydroxyl groups excluding tert-OH is 1. The summed E-state index contributed by atoms with van der Waals surface area (Å²) in [6.07, 6.45) is 6.57. The maximum Gasteiger partial charge on any atom is 0.244 e. The molecule has 0 radical (unpaired) electrons. The molecule has 1 heterocycles. The molecule has 0 aliphatic heterocycles. The van der Waals surface area contributed by atoms with E-state index < -0.39 is 0 Å². The number of carbonyl (C=O) groups excluding carboxylic acids is 1. The molecule has 0 spiro atoms. The first-order chi connectivity index (χ1) is 8.76. The topological polar surface area (TPSA) is 62.5 Å². The number of carbonyl (C=O) groups is 1. The summed E-state index contributed by atoms with van der Waals surface area (Å²) in [5, 5.41) is 12.8. The molecule has 1 aromatic rings. The molecule has 0 unspecified atom stereocenters. The van der Waals surface area contributed by atoms with Gasteiger partial charge in [-0.3, -0.25) is 4.79 Å². The second-order valence-corrected chi connectivity index (χ2v) is 5.78. The number of aliphatic hydroxyl groups is 1. The molecule has 1 rings (SSSR count). The first-order valence-electron chi connectivity index (χ1n) is 5.46. The van der Waals surface area contributed by atoms with Crippen molar-refractivity contribution in [2.45, 2.75) is 6.04 Å². The fourth-order valence-corrected chi connectivity index (χ4v) is 2.73. The lowest BCUT2D eigenvalue weighted by Crippen LogP contribution is -2.38. The van der Waals surface area contributed by atoms with Crippen LogP contribution in [0.4, 0.5) is 0 Å². The average Bonchev–Trinajstić information content (AvgIpc) is 2.88. The predicted octanol–water partition coefficient (Wildman–Crippen LogP) is 1.82. The highest BCUT2D eigenvalue weighted by molar-refractivity contribution is 8.15. The van der Waals surface area contributed by atoms with E-state index in [9.17, 15) is 4.79 Å². The van der Waals surface area contributed by atoms with Gasteiger partial charge in [0.25, 0.3) is 0 Å². The van der Waals surface area contributed by atoms with Crippen LogP contribution in [-0.2, 0) is 4.79 Å². The molecule has 0 aliphatic rings. The molecule has 4 nitrogen and oxygen atoms in total.